The van der Waals surface area contributed by atoms with Gasteiger partial charge in [-0.3, -0.25) is 4.79 Å². The van der Waals surface area contributed by atoms with Crippen LogP contribution < -0.4 is 14.8 Å². The molecule has 4 N–H and O–H groups in total. The van der Waals surface area contributed by atoms with E-state index >= 15 is 0 Å². The summed E-state index contributed by atoms with van der Waals surface area (Å²) in [4.78, 5) is 23.1. The van der Waals surface area contributed by atoms with E-state index in [1.54, 1.807) is 43.5 Å². The van der Waals surface area contributed by atoms with E-state index in [0.29, 0.717) is 11.5 Å². The summed E-state index contributed by atoms with van der Waals surface area (Å²) in [5.41, 5.74) is 1.02. The Morgan fingerprint density at radius 2 is 1.69 bits per heavy atom. The van der Waals surface area contributed by atoms with Crippen molar-refractivity contribution in [3.8, 4) is 11.5 Å². The van der Waals surface area contributed by atoms with E-state index in [0.717, 1.165) is 5.56 Å². The van der Waals surface area contributed by atoms with Crippen LogP contribution in [0, 0.1) is 0 Å². The Morgan fingerprint density at radius 1 is 1.04 bits per heavy atom. The average Bonchev–Trinajstić information content (AvgIpc) is 2.59. The second-order valence-electron chi connectivity index (χ2n) is 4.79. The maximum absolute atomic E-state index is 12.0. The number of carbonyl (C=O) groups excluding carboxylic acids is 1. The molecule has 7 nitrogen and oxygen atoms in total. The first-order valence-corrected chi connectivity index (χ1v) is 7.08. The molecule has 134 valence electrons. The summed E-state index contributed by atoms with van der Waals surface area (Å²) in [6.45, 7) is 0. The number of carboxylic acid groups (broad SMARTS) is 1. The predicted octanol–water partition coefficient (Wildman–Crippen LogP) is 1.58. The number of hydrogen-bond acceptors (Lipinski definition) is 4. The summed E-state index contributed by atoms with van der Waals surface area (Å²) in [7, 11) is 3.07. The van der Waals surface area contributed by atoms with Crippen molar-refractivity contribution in [3.63, 3.8) is 0 Å². The van der Waals surface area contributed by atoms with Crippen LogP contribution in [0.1, 0.15) is 15.9 Å². The number of benzene rings is 2. The van der Waals surface area contributed by atoms with Gasteiger partial charge in [-0.2, -0.15) is 0 Å². The van der Waals surface area contributed by atoms with Crippen LogP contribution in [0.4, 0.5) is 5.69 Å². The van der Waals surface area contributed by atoms with Gasteiger partial charge in [-0.05, 0) is 35.9 Å². The Labute approximate surface area is 193 Å². The predicted molar refractivity (Wildman–Crippen MR) is 101 cm³/mol. The number of carboxylic acids is 1. The standard InChI is InChI=1S/C18H17NO5.K.H2O.H/c1-23-15-9-7-12(11-16(15)24-2)8-10-17(20)19-14-6-4-3-5-13(14)18(21)22;;;/h3-11H,1-2H3,(H,19,20)(H,21,22);;1H2;/b10-8+;;;. The first-order chi connectivity index (χ1) is 11.5. The normalized spacial score (nSPS) is 9.62. The Morgan fingerprint density at radius 3 is 2.31 bits per heavy atom. The zero-order chi connectivity index (χ0) is 17.5. The van der Waals surface area contributed by atoms with Crippen molar-refractivity contribution in [2.45, 2.75) is 0 Å². The van der Waals surface area contributed by atoms with E-state index in [2.05, 4.69) is 5.32 Å². The number of carbonyl (C=O) groups is 2. The zero-order valence-electron chi connectivity index (χ0n) is 13.8. The van der Waals surface area contributed by atoms with Gasteiger partial charge in [0, 0.05) is 6.08 Å². The summed E-state index contributed by atoms with van der Waals surface area (Å²) in [5.74, 6) is -0.390. The number of aromatic carboxylic acids is 1. The molecule has 26 heavy (non-hydrogen) atoms. The van der Waals surface area contributed by atoms with E-state index in [4.69, 9.17) is 14.6 Å². The molecule has 0 aliphatic heterocycles. The molecule has 0 unspecified atom stereocenters. The molecule has 0 saturated carbocycles. The molecule has 0 radical (unpaired) electrons. The van der Waals surface area contributed by atoms with E-state index in [1.165, 1.54) is 25.3 Å². The van der Waals surface area contributed by atoms with E-state index in [9.17, 15) is 9.59 Å². The molecule has 0 fully saturated rings. The van der Waals surface area contributed by atoms with Gasteiger partial charge in [0.15, 0.2) is 11.5 Å². The molecule has 8 heteroatoms. The van der Waals surface area contributed by atoms with Gasteiger partial charge < -0.3 is 25.4 Å². The zero-order valence-corrected chi connectivity index (χ0v) is 13.8. The fraction of sp³-hybridized carbons (Fsp3) is 0.111. The summed E-state index contributed by atoms with van der Waals surface area (Å²) >= 11 is 0. The van der Waals surface area contributed by atoms with Crippen LogP contribution in [-0.2, 0) is 4.79 Å². The van der Waals surface area contributed by atoms with E-state index < -0.39 is 11.9 Å². The van der Waals surface area contributed by atoms with Gasteiger partial charge in [-0.25, -0.2) is 4.79 Å². The monoisotopic (exact) mass is 385 g/mol. The minimum absolute atomic E-state index is 0. The number of ether oxygens (including phenoxy) is 2. The SMILES string of the molecule is COc1ccc(/C=C/C(=O)Nc2ccccc2C(=O)O)cc1OC.O.[KH]. The van der Waals surface area contributed by atoms with Crippen LogP contribution in [0.3, 0.4) is 0 Å². The van der Waals surface area contributed by atoms with Gasteiger partial charge >= 0.3 is 57.4 Å². The molecule has 0 saturated heterocycles. The fourth-order valence-electron chi connectivity index (χ4n) is 2.08. The van der Waals surface area contributed by atoms with Crippen LogP contribution >= 0.6 is 0 Å². The Kier molecular flexibility index (Phi) is 11.1. The molecule has 0 spiro atoms. The van der Waals surface area contributed by atoms with Crippen molar-refractivity contribution in [2.75, 3.05) is 19.5 Å². The van der Waals surface area contributed by atoms with E-state index in [1.807, 2.05) is 0 Å². The van der Waals surface area contributed by atoms with Crippen molar-refractivity contribution in [3.05, 3.63) is 59.7 Å². The molecule has 2 rings (SSSR count). The van der Waals surface area contributed by atoms with Gasteiger partial charge in [-0.1, -0.05) is 18.2 Å². The summed E-state index contributed by atoms with van der Waals surface area (Å²) in [6, 6.07) is 11.4. The molecule has 0 atom stereocenters. The van der Waals surface area contributed by atoms with Crippen molar-refractivity contribution in [1.29, 1.82) is 0 Å². The number of hydrogen-bond donors (Lipinski definition) is 2. The van der Waals surface area contributed by atoms with Crippen LogP contribution in [0.15, 0.2) is 48.5 Å². The average molecular weight is 385 g/mol. The van der Waals surface area contributed by atoms with Gasteiger partial charge in [0.05, 0.1) is 25.5 Å². The molecule has 2 aromatic carbocycles. The molecule has 0 bridgehead atoms. The van der Waals surface area contributed by atoms with Gasteiger partial charge in [0.1, 0.15) is 0 Å². The van der Waals surface area contributed by atoms with Crippen molar-refractivity contribution < 1.29 is 29.6 Å². The third-order valence-corrected chi connectivity index (χ3v) is 3.25. The summed E-state index contributed by atoms with van der Waals surface area (Å²) in [6.07, 6.45) is 2.92. The molecule has 1 amide bonds. The van der Waals surface area contributed by atoms with Gasteiger partial charge in [-0.15, -0.1) is 0 Å². The molecule has 0 aliphatic carbocycles. The quantitative estimate of drug-likeness (QED) is 0.578. The topological polar surface area (TPSA) is 116 Å². The third-order valence-electron chi connectivity index (χ3n) is 3.25. The molecular formula is C18H20KNO6. The first kappa shape index (κ1) is 24.3. The van der Waals surface area contributed by atoms with Crippen LogP contribution in [-0.4, -0.2) is 88.1 Å². The number of methoxy groups -OCH3 is 2. The number of rotatable bonds is 6. The second-order valence-corrected chi connectivity index (χ2v) is 4.79. The summed E-state index contributed by atoms with van der Waals surface area (Å²) < 4.78 is 10.3. The molecule has 2 aromatic rings. The van der Waals surface area contributed by atoms with Gasteiger partial charge in [0.25, 0.3) is 0 Å². The molecular weight excluding hydrogens is 365 g/mol. The summed E-state index contributed by atoms with van der Waals surface area (Å²) in [5, 5.41) is 11.6. The Bertz CT molecular complexity index is 791. The Balaban J connectivity index is 0.00000312. The number of amides is 1. The van der Waals surface area contributed by atoms with Crippen LogP contribution in [0.5, 0.6) is 11.5 Å². The number of para-hydroxylation sites is 1. The number of anilines is 1. The molecule has 0 aliphatic rings. The molecule has 0 aromatic heterocycles. The van der Waals surface area contributed by atoms with Gasteiger partial charge in [0.2, 0.25) is 5.91 Å². The number of nitrogens with one attached hydrogen (secondary N) is 1. The van der Waals surface area contributed by atoms with Crippen molar-refractivity contribution >= 4 is 75.0 Å². The minimum atomic E-state index is -1.10. The van der Waals surface area contributed by atoms with Crippen LogP contribution in [0.2, 0.25) is 0 Å². The van der Waals surface area contributed by atoms with Crippen LogP contribution in [0.25, 0.3) is 6.08 Å². The Hall–Kier alpha value is -1.68. The fourth-order valence-corrected chi connectivity index (χ4v) is 2.08. The molecule has 0 heterocycles. The first-order valence-electron chi connectivity index (χ1n) is 7.08. The van der Waals surface area contributed by atoms with Crippen molar-refractivity contribution in [1.82, 2.24) is 0 Å². The van der Waals surface area contributed by atoms with E-state index in [-0.39, 0.29) is 68.1 Å². The van der Waals surface area contributed by atoms with Crippen molar-refractivity contribution in [2.24, 2.45) is 0 Å². The maximum atomic E-state index is 12.0. The second kappa shape index (κ2) is 11.8. The third kappa shape index (κ3) is 6.56.